The molecule has 0 bridgehead atoms. The number of amides is 1. The lowest BCUT2D eigenvalue weighted by Gasteiger charge is -2.20. The van der Waals surface area contributed by atoms with Crippen LogP contribution in [0.5, 0.6) is 0 Å². The quantitative estimate of drug-likeness (QED) is 0.769. The van der Waals surface area contributed by atoms with Gasteiger partial charge in [0.1, 0.15) is 0 Å². The Labute approximate surface area is 114 Å². The molecule has 5 nitrogen and oxygen atoms in total. The minimum absolute atomic E-state index is 0.169. The summed E-state index contributed by atoms with van der Waals surface area (Å²) in [5, 5.41) is 6.01. The van der Waals surface area contributed by atoms with E-state index in [0.29, 0.717) is 31.4 Å². The van der Waals surface area contributed by atoms with Gasteiger partial charge in [-0.15, -0.1) is 0 Å². The molecule has 2 rings (SSSR count). The monoisotopic (exact) mass is 262 g/mol. The molecule has 1 fully saturated rings. The molecule has 0 spiro atoms. The third kappa shape index (κ3) is 5.24. The van der Waals surface area contributed by atoms with Crippen molar-refractivity contribution < 1.29 is 4.79 Å². The van der Waals surface area contributed by atoms with E-state index in [1.54, 1.807) is 18.5 Å². The first-order valence-corrected chi connectivity index (χ1v) is 7.12. The Kier molecular flexibility index (Phi) is 5.59. The van der Waals surface area contributed by atoms with E-state index in [4.69, 9.17) is 0 Å². The maximum atomic E-state index is 11.8. The van der Waals surface area contributed by atoms with Gasteiger partial charge in [-0.3, -0.25) is 4.79 Å². The molecule has 0 aromatic carbocycles. The van der Waals surface area contributed by atoms with E-state index in [1.807, 2.05) is 0 Å². The Morgan fingerprint density at radius 1 is 1.16 bits per heavy atom. The van der Waals surface area contributed by atoms with E-state index in [0.717, 1.165) is 0 Å². The Bertz CT molecular complexity index is 376. The van der Waals surface area contributed by atoms with Crippen LogP contribution in [0.15, 0.2) is 18.5 Å². The van der Waals surface area contributed by atoms with Crippen molar-refractivity contribution in [3.63, 3.8) is 0 Å². The number of anilines is 1. The average molecular weight is 262 g/mol. The fourth-order valence-corrected chi connectivity index (χ4v) is 2.49. The topological polar surface area (TPSA) is 66.9 Å². The third-order valence-corrected chi connectivity index (χ3v) is 3.49. The van der Waals surface area contributed by atoms with Gasteiger partial charge in [-0.2, -0.15) is 0 Å². The van der Waals surface area contributed by atoms with Gasteiger partial charge in [-0.25, -0.2) is 9.97 Å². The fourth-order valence-electron chi connectivity index (χ4n) is 2.49. The minimum Gasteiger partial charge on any atom is -0.354 e. The van der Waals surface area contributed by atoms with E-state index in [-0.39, 0.29) is 5.91 Å². The van der Waals surface area contributed by atoms with Gasteiger partial charge in [0.25, 0.3) is 0 Å². The Morgan fingerprint density at radius 3 is 2.63 bits per heavy atom. The smallest absolute Gasteiger partial charge is 0.222 e. The molecule has 0 atom stereocenters. The highest BCUT2D eigenvalue weighted by atomic mass is 16.1. The predicted octanol–water partition coefficient (Wildman–Crippen LogP) is 1.98. The third-order valence-electron chi connectivity index (χ3n) is 3.49. The summed E-state index contributed by atoms with van der Waals surface area (Å²) in [6, 6.07) is 1.77. The SMILES string of the molecule is O=C(CC1CCCCC1)NCCNc1ncccn1. The largest absolute Gasteiger partial charge is 0.354 e. The van der Waals surface area contributed by atoms with Gasteiger partial charge in [0, 0.05) is 31.9 Å². The van der Waals surface area contributed by atoms with Crippen LogP contribution >= 0.6 is 0 Å². The number of carbonyl (C=O) groups excluding carboxylic acids is 1. The van der Waals surface area contributed by atoms with Gasteiger partial charge in [-0.05, 0) is 24.8 Å². The molecule has 1 amide bonds. The molecule has 2 N–H and O–H groups in total. The van der Waals surface area contributed by atoms with Crippen molar-refractivity contribution in [3.05, 3.63) is 18.5 Å². The molecule has 104 valence electrons. The van der Waals surface area contributed by atoms with Crippen molar-refractivity contribution in [1.82, 2.24) is 15.3 Å². The van der Waals surface area contributed by atoms with Gasteiger partial charge in [0.15, 0.2) is 0 Å². The van der Waals surface area contributed by atoms with Crippen LogP contribution in [0.2, 0.25) is 0 Å². The summed E-state index contributed by atoms with van der Waals surface area (Å²) in [6.07, 6.45) is 10.4. The molecule has 0 aliphatic heterocycles. The molecular formula is C14H22N4O. The van der Waals surface area contributed by atoms with E-state index < -0.39 is 0 Å². The highest BCUT2D eigenvalue weighted by molar-refractivity contribution is 5.76. The summed E-state index contributed by atoms with van der Waals surface area (Å²) in [6.45, 7) is 1.27. The van der Waals surface area contributed by atoms with Gasteiger partial charge < -0.3 is 10.6 Å². The van der Waals surface area contributed by atoms with Crippen molar-refractivity contribution in [2.75, 3.05) is 18.4 Å². The first kappa shape index (κ1) is 13.8. The van der Waals surface area contributed by atoms with Crippen LogP contribution in [0.4, 0.5) is 5.95 Å². The molecule has 19 heavy (non-hydrogen) atoms. The van der Waals surface area contributed by atoms with Crippen molar-refractivity contribution in [2.24, 2.45) is 5.92 Å². The zero-order valence-electron chi connectivity index (χ0n) is 11.3. The van der Waals surface area contributed by atoms with Gasteiger partial charge in [-0.1, -0.05) is 19.3 Å². The second-order valence-corrected chi connectivity index (χ2v) is 5.06. The molecule has 0 radical (unpaired) electrons. The number of rotatable bonds is 6. The summed E-state index contributed by atoms with van der Waals surface area (Å²) < 4.78 is 0. The van der Waals surface area contributed by atoms with E-state index >= 15 is 0 Å². The maximum Gasteiger partial charge on any atom is 0.222 e. The standard InChI is InChI=1S/C14H22N4O/c19-13(11-12-5-2-1-3-6-12)15-9-10-18-14-16-7-4-8-17-14/h4,7-8,12H,1-3,5-6,9-11H2,(H,15,19)(H,16,17,18). The highest BCUT2D eigenvalue weighted by Gasteiger charge is 2.16. The molecule has 1 aromatic rings. The molecule has 5 heteroatoms. The van der Waals surface area contributed by atoms with Crippen molar-refractivity contribution in [1.29, 1.82) is 0 Å². The molecular weight excluding hydrogens is 240 g/mol. The average Bonchev–Trinajstić information content (AvgIpc) is 2.46. The van der Waals surface area contributed by atoms with Crippen molar-refractivity contribution in [3.8, 4) is 0 Å². The van der Waals surface area contributed by atoms with Crippen molar-refractivity contribution in [2.45, 2.75) is 38.5 Å². The summed E-state index contributed by atoms with van der Waals surface area (Å²) in [7, 11) is 0. The lowest BCUT2D eigenvalue weighted by molar-refractivity contribution is -0.122. The van der Waals surface area contributed by atoms with Crippen LogP contribution in [-0.4, -0.2) is 29.0 Å². The number of hydrogen-bond donors (Lipinski definition) is 2. The van der Waals surface area contributed by atoms with Crippen LogP contribution in [0.1, 0.15) is 38.5 Å². The molecule has 0 unspecified atom stereocenters. The summed E-state index contributed by atoms with van der Waals surface area (Å²) in [5.74, 6) is 1.37. The zero-order valence-corrected chi connectivity index (χ0v) is 11.3. The second kappa shape index (κ2) is 7.71. The summed E-state index contributed by atoms with van der Waals surface area (Å²) >= 11 is 0. The normalized spacial score (nSPS) is 16.0. The second-order valence-electron chi connectivity index (χ2n) is 5.06. The first-order chi connectivity index (χ1) is 9.34. The number of hydrogen-bond acceptors (Lipinski definition) is 4. The predicted molar refractivity (Wildman–Crippen MR) is 74.7 cm³/mol. The van der Waals surface area contributed by atoms with Gasteiger partial charge in [0.2, 0.25) is 11.9 Å². The number of aromatic nitrogens is 2. The zero-order chi connectivity index (χ0) is 13.3. The maximum absolute atomic E-state index is 11.8. The molecule has 1 aliphatic rings. The van der Waals surface area contributed by atoms with Crippen LogP contribution in [-0.2, 0) is 4.79 Å². The highest BCUT2D eigenvalue weighted by Crippen LogP contribution is 2.25. The van der Waals surface area contributed by atoms with Crippen molar-refractivity contribution >= 4 is 11.9 Å². The Hall–Kier alpha value is -1.65. The Balaban J connectivity index is 1.56. The molecule has 1 saturated carbocycles. The minimum atomic E-state index is 0.169. The number of carbonyl (C=O) groups is 1. The van der Waals surface area contributed by atoms with E-state index in [1.165, 1.54) is 32.1 Å². The van der Waals surface area contributed by atoms with Gasteiger partial charge >= 0.3 is 0 Å². The van der Waals surface area contributed by atoms with Gasteiger partial charge in [0.05, 0.1) is 0 Å². The van der Waals surface area contributed by atoms with Crippen LogP contribution in [0.25, 0.3) is 0 Å². The van der Waals surface area contributed by atoms with E-state index in [2.05, 4.69) is 20.6 Å². The Morgan fingerprint density at radius 2 is 1.89 bits per heavy atom. The molecule has 1 heterocycles. The summed E-state index contributed by atoms with van der Waals surface area (Å²) in [4.78, 5) is 19.9. The fraction of sp³-hybridized carbons (Fsp3) is 0.643. The molecule has 0 saturated heterocycles. The van der Waals surface area contributed by atoms with E-state index in [9.17, 15) is 4.79 Å². The summed E-state index contributed by atoms with van der Waals surface area (Å²) in [5.41, 5.74) is 0. The molecule has 1 aliphatic carbocycles. The number of nitrogens with zero attached hydrogens (tertiary/aromatic N) is 2. The molecule has 1 aromatic heterocycles. The number of nitrogens with one attached hydrogen (secondary N) is 2. The van der Waals surface area contributed by atoms with Crippen LogP contribution < -0.4 is 10.6 Å². The van der Waals surface area contributed by atoms with Crippen LogP contribution in [0, 0.1) is 5.92 Å². The van der Waals surface area contributed by atoms with Crippen LogP contribution in [0.3, 0.4) is 0 Å². The lowest BCUT2D eigenvalue weighted by atomic mass is 9.87. The first-order valence-electron chi connectivity index (χ1n) is 7.12. The lowest BCUT2D eigenvalue weighted by Crippen LogP contribution is -2.30.